The average molecular weight is 468 g/mol. The number of rotatable bonds is 7. The van der Waals surface area contributed by atoms with Gasteiger partial charge in [0.15, 0.2) is 0 Å². The Hall–Kier alpha value is -2.93. The lowest BCUT2D eigenvalue weighted by molar-refractivity contribution is -0.212. The Morgan fingerprint density at radius 1 is 1.00 bits per heavy atom. The van der Waals surface area contributed by atoms with Gasteiger partial charge in [-0.25, -0.2) is 14.4 Å². The van der Waals surface area contributed by atoms with Gasteiger partial charge in [0.2, 0.25) is 6.10 Å². The predicted molar refractivity (Wildman–Crippen MR) is 99.3 cm³/mol. The Balaban J connectivity index is 3.08. The zero-order valence-electron chi connectivity index (χ0n) is 16.7. The molecular weight excluding hydrogens is 449 g/mol. The first kappa shape index (κ1) is 26.1. The molecule has 0 fully saturated rings. The fourth-order valence-electron chi connectivity index (χ4n) is 2.61. The quantitative estimate of drug-likeness (QED) is 0.267. The number of hydrogen-bond acceptors (Lipinski definition) is 7. The second-order valence-corrected chi connectivity index (χ2v) is 7.98. The van der Waals surface area contributed by atoms with E-state index in [1.165, 1.54) is 13.8 Å². The summed E-state index contributed by atoms with van der Waals surface area (Å²) in [5, 5.41) is 9.44. The molecular formula is C18H19F3O9S. The van der Waals surface area contributed by atoms with Gasteiger partial charge < -0.3 is 14.6 Å². The highest BCUT2D eigenvalue weighted by atomic mass is 32.2. The van der Waals surface area contributed by atoms with Crippen molar-refractivity contribution in [2.75, 3.05) is 5.75 Å². The van der Waals surface area contributed by atoms with Crippen LogP contribution >= 0.6 is 0 Å². The van der Waals surface area contributed by atoms with E-state index in [9.17, 15) is 41.1 Å². The fraction of sp³-hybridized carbons (Fsp3) is 0.389. The zero-order chi connectivity index (χ0) is 24.3. The van der Waals surface area contributed by atoms with Gasteiger partial charge in [0.25, 0.3) is 10.1 Å². The number of aromatic carboxylic acids is 1. The van der Waals surface area contributed by atoms with Crippen LogP contribution in [0, 0.1) is 27.7 Å². The number of carbonyl (C=O) groups excluding carboxylic acids is 2. The van der Waals surface area contributed by atoms with Crippen LogP contribution in [-0.2, 0) is 24.4 Å². The Morgan fingerprint density at radius 3 is 1.90 bits per heavy atom. The molecule has 0 aliphatic carbocycles. The molecule has 0 aliphatic rings. The van der Waals surface area contributed by atoms with Crippen molar-refractivity contribution >= 4 is 28.0 Å². The van der Waals surface area contributed by atoms with E-state index in [1.54, 1.807) is 13.8 Å². The Morgan fingerprint density at radius 2 is 1.48 bits per heavy atom. The molecule has 13 heteroatoms. The van der Waals surface area contributed by atoms with Crippen LogP contribution in [0.1, 0.15) is 43.0 Å². The number of carboxylic acids is 1. The largest absolute Gasteiger partial charge is 0.478 e. The van der Waals surface area contributed by atoms with Gasteiger partial charge >= 0.3 is 24.1 Å². The molecule has 9 nitrogen and oxygen atoms in total. The van der Waals surface area contributed by atoms with Gasteiger partial charge in [0.05, 0.1) is 17.2 Å². The minimum atomic E-state index is -5.29. The van der Waals surface area contributed by atoms with Crippen LogP contribution in [0.4, 0.5) is 13.2 Å². The van der Waals surface area contributed by atoms with E-state index in [0.29, 0.717) is 28.5 Å². The van der Waals surface area contributed by atoms with Crippen LogP contribution in [0.2, 0.25) is 0 Å². The molecule has 1 atom stereocenters. The Bertz CT molecular complexity index is 1040. The molecule has 0 radical (unpaired) electrons. The van der Waals surface area contributed by atoms with Crippen molar-refractivity contribution in [2.45, 2.75) is 40.0 Å². The molecule has 0 bridgehead atoms. The topological polar surface area (TPSA) is 144 Å². The molecule has 1 aromatic carbocycles. The summed E-state index contributed by atoms with van der Waals surface area (Å²) in [6.07, 6.45) is -7.80. The van der Waals surface area contributed by atoms with Gasteiger partial charge in [0.1, 0.15) is 12.0 Å². The lowest BCUT2D eigenvalue weighted by Crippen LogP contribution is -2.39. The van der Waals surface area contributed by atoms with Gasteiger partial charge in [0, 0.05) is 0 Å². The van der Waals surface area contributed by atoms with Crippen molar-refractivity contribution in [1.82, 2.24) is 0 Å². The molecule has 1 unspecified atom stereocenters. The first-order valence-electron chi connectivity index (χ1n) is 8.41. The lowest BCUT2D eigenvalue weighted by atomic mass is 9.89. The monoisotopic (exact) mass is 468 g/mol. The van der Waals surface area contributed by atoms with Crippen molar-refractivity contribution in [3.05, 3.63) is 45.7 Å². The normalized spacial score (nSPS) is 13.2. The third-order valence-corrected chi connectivity index (χ3v) is 5.19. The number of carbonyl (C=O) groups is 3. The van der Waals surface area contributed by atoms with Crippen LogP contribution in [-0.4, -0.2) is 54.0 Å². The average Bonchev–Trinajstić information content (AvgIpc) is 2.59. The molecule has 0 amide bonds. The highest BCUT2D eigenvalue weighted by Gasteiger charge is 2.45. The number of esters is 2. The first-order chi connectivity index (χ1) is 14.0. The number of alkyl halides is 3. The molecule has 0 aliphatic heterocycles. The zero-order valence-corrected chi connectivity index (χ0v) is 17.5. The van der Waals surface area contributed by atoms with E-state index in [4.69, 9.17) is 4.55 Å². The molecule has 31 heavy (non-hydrogen) atoms. The maximum atomic E-state index is 12.7. The summed E-state index contributed by atoms with van der Waals surface area (Å²) >= 11 is 0. The van der Waals surface area contributed by atoms with E-state index < -0.39 is 46.1 Å². The van der Waals surface area contributed by atoms with E-state index >= 15 is 0 Å². The molecule has 0 spiro atoms. The second kappa shape index (κ2) is 9.47. The summed E-state index contributed by atoms with van der Waals surface area (Å²) in [5.74, 6) is -6.23. The maximum absolute atomic E-state index is 12.7. The maximum Gasteiger partial charge on any atom is 0.426 e. The van der Waals surface area contributed by atoms with Gasteiger partial charge in [-0.1, -0.05) is 0 Å². The molecule has 2 N–H and O–H groups in total. The van der Waals surface area contributed by atoms with E-state index in [-0.39, 0.29) is 17.2 Å². The SMILES string of the molecule is Cc1c(C)c(C)c(C(=O)O/C=C/C(=O)OC(CS(=O)(=O)O)C(F)(F)F)c(C(=O)O)c1C. The standard InChI is InChI=1S/C18H19F3O9S/c1-8-9(2)11(4)15(14(10(8)3)16(23)24)17(25)29-6-5-13(22)30-12(18(19,20)21)7-31(26,27)28/h5-6,12H,7H2,1-4H3,(H,23,24)(H,26,27,28)/b6-5+. The molecule has 0 aromatic heterocycles. The third-order valence-electron chi connectivity index (χ3n) is 4.47. The molecule has 0 saturated heterocycles. The number of halogens is 3. The van der Waals surface area contributed by atoms with Crippen LogP contribution in [0.15, 0.2) is 12.3 Å². The molecule has 0 heterocycles. The molecule has 0 saturated carbocycles. The molecule has 1 aromatic rings. The number of benzene rings is 1. The van der Waals surface area contributed by atoms with Crippen molar-refractivity contribution < 1.29 is 55.1 Å². The van der Waals surface area contributed by atoms with Gasteiger partial charge in [-0.05, 0) is 49.9 Å². The van der Waals surface area contributed by atoms with Crippen LogP contribution in [0.3, 0.4) is 0 Å². The Kier molecular flexibility index (Phi) is 7.98. The minimum Gasteiger partial charge on any atom is -0.478 e. The first-order valence-corrected chi connectivity index (χ1v) is 10.0. The number of ether oxygens (including phenoxy) is 2. The highest BCUT2D eigenvalue weighted by molar-refractivity contribution is 7.85. The number of hydrogen-bond donors (Lipinski definition) is 2. The molecule has 1 rings (SSSR count). The summed E-state index contributed by atoms with van der Waals surface area (Å²) in [6.45, 7) is 6.28. The van der Waals surface area contributed by atoms with Crippen LogP contribution in [0.25, 0.3) is 0 Å². The van der Waals surface area contributed by atoms with Crippen molar-refractivity contribution in [3.8, 4) is 0 Å². The summed E-state index contributed by atoms with van der Waals surface area (Å²) < 4.78 is 76.7. The van der Waals surface area contributed by atoms with E-state index in [2.05, 4.69) is 9.47 Å². The van der Waals surface area contributed by atoms with E-state index in [1.807, 2.05) is 0 Å². The summed E-state index contributed by atoms with van der Waals surface area (Å²) in [7, 11) is -5.11. The summed E-state index contributed by atoms with van der Waals surface area (Å²) in [6, 6.07) is 0. The summed E-state index contributed by atoms with van der Waals surface area (Å²) in [4.78, 5) is 35.5. The third kappa shape index (κ3) is 6.79. The lowest BCUT2D eigenvalue weighted by Gasteiger charge is -2.18. The fourth-order valence-corrected chi connectivity index (χ4v) is 3.25. The van der Waals surface area contributed by atoms with Gasteiger partial charge in [-0.15, -0.1) is 0 Å². The van der Waals surface area contributed by atoms with Gasteiger partial charge in [-0.3, -0.25) is 4.55 Å². The van der Waals surface area contributed by atoms with Crippen LogP contribution in [0.5, 0.6) is 0 Å². The second-order valence-electron chi connectivity index (χ2n) is 6.48. The van der Waals surface area contributed by atoms with Crippen LogP contribution < -0.4 is 0 Å². The molecule has 172 valence electrons. The predicted octanol–water partition coefficient (Wildman–Crippen LogP) is 2.65. The highest BCUT2D eigenvalue weighted by Crippen LogP contribution is 2.28. The van der Waals surface area contributed by atoms with E-state index in [0.717, 1.165) is 0 Å². The smallest absolute Gasteiger partial charge is 0.426 e. The van der Waals surface area contributed by atoms with Gasteiger partial charge in [-0.2, -0.15) is 21.6 Å². The summed E-state index contributed by atoms with van der Waals surface area (Å²) in [5.41, 5.74) is 1.24. The van der Waals surface area contributed by atoms with Crippen molar-refractivity contribution in [2.24, 2.45) is 0 Å². The van der Waals surface area contributed by atoms with Crippen molar-refractivity contribution in [1.29, 1.82) is 0 Å². The van der Waals surface area contributed by atoms with Crippen molar-refractivity contribution in [3.63, 3.8) is 0 Å². The minimum absolute atomic E-state index is 0.268. The Labute approximate surface area is 175 Å². The number of carboxylic acid groups (broad SMARTS) is 1.